The van der Waals surface area contributed by atoms with Crippen molar-refractivity contribution in [1.29, 1.82) is 0 Å². The number of benzene rings is 1. The number of nitroso groups, excluding NO2 is 1. The van der Waals surface area contributed by atoms with E-state index in [4.69, 9.17) is 10.2 Å². The second-order valence-electron chi connectivity index (χ2n) is 1.74. The molecule has 2 N–H and O–H groups in total. The first-order chi connectivity index (χ1) is 4.75. The standard InChI is InChI=1S/C6H5NO3/c8-5-3-1-2-4(7-10)6(5)9/h1-3,8-9H. The van der Waals surface area contributed by atoms with Gasteiger partial charge in [-0.25, -0.2) is 0 Å². The van der Waals surface area contributed by atoms with E-state index in [2.05, 4.69) is 5.18 Å². The molecule has 0 heterocycles. The highest BCUT2D eigenvalue weighted by molar-refractivity contribution is 5.57. The lowest BCUT2D eigenvalue weighted by molar-refractivity contribution is 0.405. The topological polar surface area (TPSA) is 69.9 Å². The largest absolute Gasteiger partial charge is 0.504 e. The molecule has 4 heteroatoms. The van der Waals surface area contributed by atoms with Crippen LogP contribution >= 0.6 is 0 Å². The molecule has 0 atom stereocenters. The fourth-order valence-electron chi connectivity index (χ4n) is 0.593. The third-order valence-corrected chi connectivity index (χ3v) is 1.09. The van der Waals surface area contributed by atoms with Gasteiger partial charge in [-0.2, -0.15) is 0 Å². The second-order valence-corrected chi connectivity index (χ2v) is 1.74. The highest BCUT2D eigenvalue weighted by Gasteiger charge is 2.03. The normalized spacial score (nSPS) is 9.20. The van der Waals surface area contributed by atoms with Crippen LogP contribution in [0.15, 0.2) is 23.4 Å². The van der Waals surface area contributed by atoms with E-state index < -0.39 is 5.75 Å². The molecule has 52 valence electrons. The van der Waals surface area contributed by atoms with Gasteiger partial charge >= 0.3 is 0 Å². The van der Waals surface area contributed by atoms with Crippen LogP contribution in [0.3, 0.4) is 0 Å². The minimum Gasteiger partial charge on any atom is -0.504 e. The molecule has 0 fully saturated rings. The lowest BCUT2D eigenvalue weighted by atomic mass is 10.3. The van der Waals surface area contributed by atoms with Crippen molar-refractivity contribution in [2.45, 2.75) is 0 Å². The second kappa shape index (κ2) is 2.34. The molecule has 4 nitrogen and oxygen atoms in total. The Balaban J connectivity index is 3.27. The van der Waals surface area contributed by atoms with Gasteiger partial charge < -0.3 is 10.2 Å². The number of aromatic hydroxyl groups is 2. The van der Waals surface area contributed by atoms with Crippen LogP contribution in [-0.4, -0.2) is 10.2 Å². The SMILES string of the molecule is O=Nc1cccc(O)c1O. The molecule has 0 spiro atoms. The summed E-state index contributed by atoms with van der Waals surface area (Å²) in [5.74, 6) is -0.811. The maximum atomic E-state index is 9.86. The average Bonchev–Trinajstić information content (AvgIpc) is 1.95. The molecule has 1 rings (SSSR count). The first kappa shape index (κ1) is 6.54. The first-order valence-corrected chi connectivity index (χ1v) is 2.60. The van der Waals surface area contributed by atoms with Crippen molar-refractivity contribution in [3.63, 3.8) is 0 Å². The van der Waals surface area contributed by atoms with E-state index in [-0.39, 0.29) is 11.4 Å². The molecule has 0 bridgehead atoms. The summed E-state index contributed by atoms with van der Waals surface area (Å²) >= 11 is 0. The van der Waals surface area contributed by atoms with Gasteiger partial charge in [0.2, 0.25) is 0 Å². The van der Waals surface area contributed by atoms with Gasteiger partial charge in [0.15, 0.2) is 17.2 Å². The molecule has 0 saturated carbocycles. The lowest BCUT2D eigenvalue weighted by Gasteiger charge is -1.95. The maximum absolute atomic E-state index is 9.86. The molecular weight excluding hydrogens is 134 g/mol. The van der Waals surface area contributed by atoms with E-state index in [1.54, 1.807) is 0 Å². The van der Waals surface area contributed by atoms with E-state index in [0.717, 1.165) is 0 Å². The average molecular weight is 139 g/mol. The smallest absolute Gasteiger partial charge is 0.187 e. The predicted octanol–water partition coefficient (Wildman–Crippen LogP) is 1.50. The molecule has 1 aromatic carbocycles. The Morgan fingerprint density at radius 2 is 2.00 bits per heavy atom. The molecule has 10 heavy (non-hydrogen) atoms. The predicted molar refractivity (Wildman–Crippen MR) is 35.2 cm³/mol. The monoisotopic (exact) mass is 139 g/mol. The van der Waals surface area contributed by atoms with E-state index in [0.29, 0.717) is 0 Å². The molecule has 0 aliphatic heterocycles. The molecule has 0 aromatic heterocycles. The van der Waals surface area contributed by atoms with Gasteiger partial charge in [0, 0.05) is 0 Å². The molecule has 0 amide bonds. The molecule has 0 saturated heterocycles. The summed E-state index contributed by atoms with van der Waals surface area (Å²) in [4.78, 5) is 9.86. The van der Waals surface area contributed by atoms with Gasteiger partial charge in [0.1, 0.15) is 0 Å². The first-order valence-electron chi connectivity index (χ1n) is 2.60. The molecular formula is C6H5NO3. The van der Waals surface area contributed by atoms with Crippen LogP contribution in [0.2, 0.25) is 0 Å². The van der Waals surface area contributed by atoms with Gasteiger partial charge in [0.05, 0.1) is 0 Å². The quantitative estimate of drug-likeness (QED) is 0.457. The Labute approximate surface area is 56.7 Å². The highest BCUT2D eigenvalue weighted by Crippen LogP contribution is 2.34. The van der Waals surface area contributed by atoms with Gasteiger partial charge in [0.25, 0.3) is 0 Å². The van der Waals surface area contributed by atoms with E-state index in [9.17, 15) is 4.91 Å². The third kappa shape index (κ3) is 0.907. The van der Waals surface area contributed by atoms with Crippen molar-refractivity contribution in [1.82, 2.24) is 0 Å². The minimum atomic E-state index is -0.475. The number of phenolic OH excluding ortho intramolecular Hbond substituents is 2. The van der Waals surface area contributed by atoms with Gasteiger partial charge in [-0.05, 0) is 17.3 Å². The third-order valence-electron chi connectivity index (χ3n) is 1.09. The summed E-state index contributed by atoms with van der Waals surface area (Å²) in [7, 11) is 0. The van der Waals surface area contributed by atoms with Crippen molar-refractivity contribution >= 4 is 5.69 Å². The summed E-state index contributed by atoms with van der Waals surface area (Å²) in [6, 6.07) is 4.00. The fourth-order valence-corrected chi connectivity index (χ4v) is 0.593. The number of nitrogens with zero attached hydrogens (tertiary/aromatic N) is 1. The maximum Gasteiger partial charge on any atom is 0.187 e. The van der Waals surface area contributed by atoms with Crippen LogP contribution in [0.1, 0.15) is 0 Å². The van der Waals surface area contributed by atoms with Crippen LogP contribution in [0.4, 0.5) is 5.69 Å². The van der Waals surface area contributed by atoms with Crippen LogP contribution in [-0.2, 0) is 0 Å². The number of hydrogen-bond donors (Lipinski definition) is 2. The Kier molecular flexibility index (Phi) is 1.53. The van der Waals surface area contributed by atoms with Crippen molar-refractivity contribution < 1.29 is 10.2 Å². The molecule has 0 aliphatic rings. The van der Waals surface area contributed by atoms with Crippen LogP contribution < -0.4 is 0 Å². The molecule has 0 radical (unpaired) electrons. The van der Waals surface area contributed by atoms with Gasteiger partial charge in [-0.1, -0.05) is 6.07 Å². The molecule has 0 aliphatic carbocycles. The molecule has 0 unspecified atom stereocenters. The summed E-state index contributed by atoms with van der Waals surface area (Å²) in [5.41, 5.74) is -0.153. The van der Waals surface area contributed by atoms with Crippen molar-refractivity contribution in [2.75, 3.05) is 0 Å². The minimum absolute atomic E-state index is 0.153. The highest BCUT2D eigenvalue weighted by atomic mass is 16.3. The van der Waals surface area contributed by atoms with E-state index in [1.807, 2.05) is 0 Å². The molecule has 1 aromatic rings. The van der Waals surface area contributed by atoms with Crippen LogP contribution in [0, 0.1) is 4.91 Å². The van der Waals surface area contributed by atoms with Crippen molar-refractivity contribution in [3.05, 3.63) is 23.1 Å². The Morgan fingerprint density at radius 3 is 2.50 bits per heavy atom. The summed E-state index contributed by atoms with van der Waals surface area (Å²) in [6.07, 6.45) is 0. The zero-order chi connectivity index (χ0) is 7.56. The van der Waals surface area contributed by atoms with E-state index in [1.165, 1.54) is 18.2 Å². The lowest BCUT2D eigenvalue weighted by Crippen LogP contribution is -1.67. The summed E-state index contributed by atoms with van der Waals surface area (Å²) in [5, 5.41) is 20.1. The van der Waals surface area contributed by atoms with Crippen molar-refractivity contribution in [2.24, 2.45) is 5.18 Å². The van der Waals surface area contributed by atoms with Gasteiger partial charge in [-0.15, -0.1) is 4.91 Å². The van der Waals surface area contributed by atoms with E-state index >= 15 is 0 Å². The van der Waals surface area contributed by atoms with Crippen LogP contribution in [0.25, 0.3) is 0 Å². The number of para-hydroxylation sites is 1. The zero-order valence-corrected chi connectivity index (χ0v) is 4.98. The summed E-state index contributed by atoms with van der Waals surface area (Å²) in [6.45, 7) is 0. The number of phenols is 2. The Morgan fingerprint density at radius 1 is 1.30 bits per heavy atom. The Hall–Kier alpha value is -1.58. The van der Waals surface area contributed by atoms with Crippen molar-refractivity contribution in [3.8, 4) is 11.5 Å². The Bertz CT molecular complexity index is 259. The summed E-state index contributed by atoms with van der Waals surface area (Å²) < 4.78 is 0. The number of hydrogen-bond acceptors (Lipinski definition) is 4. The number of rotatable bonds is 1. The fraction of sp³-hybridized carbons (Fsp3) is 0. The van der Waals surface area contributed by atoms with Crippen LogP contribution in [0.5, 0.6) is 11.5 Å². The van der Waals surface area contributed by atoms with Gasteiger partial charge in [-0.3, -0.25) is 0 Å². The zero-order valence-electron chi connectivity index (χ0n) is 4.98.